The monoisotopic (exact) mass is 451 g/mol. The number of urea groups is 1. The molecule has 2 aromatic rings. The first-order valence-electron chi connectivity index (χ1n) is 7.71. The topological polar surface area (TPSA) is 108 Å². The Kier molecular flexibility index (Phi) is 6.14. The Morgan fingerprint density at radius 2 is 1.85 bits per heavy atom. The number of rotatable bonds is 4. The highest BCUT2D eigenvalue weighted by Crippen LogP contribution is 2.39. The summed E-state index contributed by atoms with van der Waals surface area (Å²) < 4.78 is 31.4. The smallest absolute Gasteiger partial charge is 0.323 e. The number of ether oxygens (including phenoxy) is 1. The third-order valence-corrected chi connectivity index (χ3v) is 7.93. The fourth-order valence-corrected chi connectivity index (χ4v) is 5.52. The molecule has 1 aliphatic heterocycles. The molecule has 8 nitrogen and oxygen atoms in total. The number of anilines is 2. The maximum absolute atomic E-state index is 12.6. The Morgan fingerprint density at radius 3 is 2.56 bits per heavy atom. The van der Waals surface area contributed by atoms with Gasteiger partial charge in [-0.2, -0.15) is 4.31 Å². The van der Waals surface area contributed by atoms with Crippen LogP contribution >= 0.6 is 34.5 Å². The van der Waals surface area contributed by atoms with Crippen molar-refractivity contribution >= 4 is 62.0 Å². The predicted octanol–water partition coefficient (Wildman–Crippen LogP) is 3.43. The van der Waals surface area contributed by atoms with E-state index >= 15 is 0 Å². The number of morpholine rings is 1. The Balaban J connectivity index is 1.75. The molecule has 27 heavy (non-hydrogen) atoms. The molecule has 1 fully saturated rings. The van der Waals surface area contributed by atoms with E-state index in [1.807, 2.05) is 0 Å². The van der Waals surface area contributed by atoms with E-state index < -0.39 is 21.8 Å². The van der Waals surface area contributed by atoms with Gasteiger partial charge in [0.1, 0.15) is 0 Å². The van der Waals surface area contributed by atoms with Crippen LogP contribution in [0.5, 0.6) is 5.75 Å². The normalized spacial score (nSPS) is 15.5. The number of hydrogen-bond acceptors (Lipinski definition) is 6. The molecular formula is C15H15Cl2N3O5S2. The lowest BCUT2D eigenvalue weighted by Crippen LogP contribution is -2.40. The van der Waals surface area contributed by atoms with Crippen LogP contribution < -0.4 is 10.6 Å². The van der Waals surface area contributed by atoms with Gasteiger partial charge in [0.05, 0.1) is 34.6 Å². The molecule has 0 aliphatic carbocycles. The molecule has 0 bridgehead atoms. The second kappa shape index (κ2) is 8.21. The second-order valence-electron chi connectivity index (χ2n) is 5.48. The zero-order chi connectivity index (χ0) is 19.6. The Morgan fingerprint density at radius 1 is 1.19 bits per heavy atom. The fourth-order valence-electron chi connectivity index (χ4n) is 2.39. The number of nitrogens with zero attached hydrogens (tertiary/aromatic N) is 1. The molecule has 0 saturated carbocycles. The molecule has 0 spiro atoms. The molecule has 1 aromatic heterocycles. The number of benzene rings is 1. The SMILES string of the molecule is O=C(Nc1csc(S(=O)(=O)N2CCOCC2)c1O)Nc1cccc(Cl)c1Cl. The Hall–Kier alpha value is -1.56. The number of thiophene rings is 1. The molecule has 3 N–H and O–H groups in total. The second-order valence-corrected chi connectivity index (χ2v) is 9.28. The predicted molar refractivity (Wildman–Crippen MR) is 105 cm³/mol. The number of halogens is 2. The number of nitrogens with one attached hydrogen (secondary N) is 2. The summed E-state index contributed by atoms with van der Waals surface area (Å²) in [6, 6.07) is 4.03. The van der Waals surface area contributed by atoms with Crippen LogP contribution in [0, 0.1) is 0 Å². The van der Waals surface area contributed by atoms with Gasteiger partial charge in [-0.25, -0.2) is 13.2 Å². The number of amides is 2. The lowest BCUT2D eigenvalue weighted by Gasteiger charge is -2.25. The number of carbonyl (C=O) groups is 1. The molecule has 0 radical (unpaired) electrons. The van der Waals surface area contributed by atoms with Crippen molar-refractivity contribution < 1.29 is 23.1 Å². The number of carbonyl (C=O) groups excluding carboxylic acids is 1. The van der Waals surface area contributed by atoms with Crippen LogP contribution in [0.4, 0.5) is 16.2 Å². The summed E-state index contributed by atoms with van der Waals surface area (Å²) in [5, 5.41) is 17.0. The van der Waals surface area contributed by atoms with Crippen molar-refractivity contribution in [3.05, 3.63) is 33.6 Å². The summed E-state index contributed by atoms with van der Waals surface area (Å²) in [5.41, 5.74) is 0.250. The summed E-state index contributed by atoms with van der Waals surface area (Å²) in [4.78, 5) is 12.2. The molecule has 1 saturated heterocycles. The minimum atomic E-state index is -3.87. The van der Waals surface area contributed by atoms with Gasteiger partial charge in [0.15, 0.2) is 9.96 Å². The van der Waals surface area contributed by atoms with Gasteiger partial charge in [-0.3, -0.25) is 0 Å². The Labute approximate surface area is 169 Å². The first kappa shape index (κ1) is 20.2. The van der Waals surface area contributed by atoms with Crippen LogP contribution in [0.25, 0.3) is 0 Å². The highest BCUT2D eigenvalue weighted by molar-refractivity contribution is 7.91. The average molecular weight is 452 g/mol. The van der Waals surface area contributed by atoms with Crippen molar-refractivity contribution in [3.63, 3.8) is 0 Å². The molecule has 146 valence electrons. The van der Waals surface area contributed by atoms with Gasteiger partial charge in [-0.05, 0) is 12.1 Å². The average Bonchev–Trinajstić information content (AvgIpc) is 3.01. The van der Waals surface area contributed by atoms with Crippen molar-refractivity contribution in [1.82, 2.24) is 4.31 Å². The third kappa shape index (κ3) is 4.31. The minimum Gasteiger partial charge on any atom is -0.504 e. The van der Waals surface area contributed by atoms with Crippen molar-refractivity contribution in [1.29, 1.82) is 0 Å². The highest BCUT2D eigenvalue weighted by Gasteiger charge is 2.31. The summed E-state index contributed by atoms with van der Waals surface area (Å²) >= 11 is 12.7. The quantitative estimate of drug-likeness (QED) is 0.659. The number of aromatic hydroxyl groups is 1. The molecule has 3 rings (SSSR count). The summed E-state index contributed by atoms with van der Waals surface area (Å²) in [5.74, 6) is -0.515. The molecule has 2 amide bonds. The van der Waals surface area contributed by atoms with E-state index in [9.17, 15) is 18.3 Å². The molecule has 2 heterocycles. The standard InChI is InChI=1S/C15H15Cl2N3O5S2/c16-9-2-1-3-10(12(9)17)18-15(22)19-11-8-26-14(13(11)21)27(23,24)20-4-6-25-7-5-20/h1-3,8,21H,4-7H2,(H2,18,19,22). The first-order chi connectivity index (χ1) is 12.8. The van der Waals surface area contributed by atoms with E-state index in [0.717, 1.165) is 11.3 Å². The third-order valence-electron chi connectivity index (χ3n) is 3.72. The van der Waals surface area contributed by atoms with Crippen LogP contribution in [-0.2, 0) is 14.8 Å². The Bertz CT molecular complexity index is 958. The van der Waals surface area contributed by atoms with Crippen molar-refractivity contribution in [2.45, 2.75) is 4.21 Å². The van der Waals surface area contributed by atoms with Gasteiger partial charge < -0.3 is 20.5 Å². The fraction of sp³-hybridized carbons (Fsp3) is 0.267. The van der Waals surface area contributed by atoms with Gasteiger partial charge >= 0.3 is 6.03 Å². The first-order valence-corrected chi connectivity index (χ1v) is 10.8. The molecule has 0 unspecified atom stereocenters. The zero-order valence-corrected chi connectivity index (χ0v) is 16.9. The van der Waals surface area contributed by atoms with Gasteiger partial charge in [-0.15, -0.1) is 11.3 Å². The molecule has 0 atom stereocenters. The number of hydrogen-bond donors (Lipinski definition) is 3. The van der Waals surface area contributed by atoms with Crippen molar-refractivity contribution in [2.75, 3.05) is 36.9 Å². The zero-order valence-electron chi connectivity index (χ0n) is 13.7. The molecular weight excluding hydrogens is 437 g/mol. The van der Waals surface area contributed by atoms with Crippen LogP contribution in [0.1, 0.15) is 0 Å². The number of sulfonamides is 1. The van der Waals surface area contributed by atoms with Gasteiger partial charge in [0.25, 0.3) is 10.0 Å². The van der Waals surface area contributed by atoms with Crippen molar-refractivity contribution in [3.8, 4) is 5.75 Å². The summed E-state index contributed by atoms with van der Waals surface area (Å²) in [7, 11) is -3.87. The minimum absolute atomic E-state index is 0.0255. The largest absolute Gasteiger partial charge is 0.504 e. The molecule has 12 heteroatoms. The van der Waals surface area contributed by atoms with E-state index in [1.165, 1.54) is 9.69 Å². The lowest BCUT2D eigenvalue weighted by molar-refractivity contribution is 0.0730. The molecule has 1 aromatic carbocycles. The summed E-state index contributed by atoms with van der Waals surface area (Å²) in [6.07, 6.45) is 0. The summed E-state index contributed by atoms with van der Waals surface area (Å²) in [6.45, 7) is 0.991. The van der Waals surface area contributed by atoms with E-state index in [1.54, 1.807) is 18.2 Å². The van der Waals surface area contributed by atoms with Gasteiger partial charge in [-0.1, -0.05) is 29.3 Å². The maximum atomic E-state index is 12.6. The molecule has 1 aliphatic rings. The van der Waals surface area contributed by atoms with Crippen LogP contribution in [0.2, 0.25) is 10.0 Å². The van der Waals surface area contributed by atoms with Crippen LogP contribution in [-0.4, -0.2) is 50.2 Å². The van der Waals surface area contributed by atoms with Crippen molar-refractivity contribution in [2.24, 2.45) is 0 Å². The maximum Gasteiger partial charge on any atom is 0.323 e. The van der Waals surface area contributed by atoms with E-state index in [2.05, 4.69) is 10.6 Å². The van der Waals surface area contributed by atoms with E-state index in [-0.39, 0.29) is 38.7 Å². The van der Waals surface area contributed by atoms with E-state index in [0.29, 0.717) is 13.2 Å². The highest BCUT2D eigenvalue weighted by atomic mass is 35.5. The van der Waals surface area contributed by atoms with Crippen LogP contribution in [0.3, 0.4) is 0 Å². The van der Waals surface area contributed by atoms with Gasteiger partial charge in [0, 0.05) is 18.5 Å². The van der Waals surface area contributed by atoms with Gasteiger partial charge in [0.2, 0.25) is 0 Å². The lowest BCUT2D eigenvalue weighted by atomic mass is 10.3. The van der Waals surface area contributed by atoms with Crippen LogP contribution in [0.15, 0.2) is 27.8 Å². The van der Waals surface area contributed by atoms with E-state index in [4.69, 9.17) is 27.9 Å².